The summed E-state index contributed by atoms with van der Waals surface area (Å²) in [6.45, 7) is 2.35. The van der Waals surface area contributed by atoms with Crippen LogP contribution in [0.3, 0.4) is 0 Å². The molecule has 1 aliphatic heterocycles. The number of aliphatic hydroxyl groups is 1. The van der Waals surface area contributed by atoms with E-state index in [0.717, 1.165) is 18.7 Å². The number of hydrogen-bond donors (Lipinski definition) is 2. The van der Waals surface area contributed by atoms with E-state index in [1.807, 2.05) is 29.2 Å². The van der Waals surface area contributed by atoms with E-state index in [-0.39, 0.29) is 28.6 Å². The van der Waals surface area contributed by atoms with Crippen molar-refractivity contribution in [1.82, 2.24) is 0 Å². The number of benzene rings is 2. The summed E-state index contributed by atoms with van der Waals surface area (Å²) in [5.74, 6) is -0.207. The van der Waals surface area contributed by atoms with Crippen LogP contribution in [-0.2, 0) is 11.2 Å². The molecule has 0 saturated heterocycles. The largest absolute Gasteiger partial charge is 0.493 e. The Labute approximate surface area is 179 Å². The molecule has 2 atom stereocenters. The molecular formula is C21H24ClN3O5. The highest BCUT2D eigenvalue weighted by Crippen LogP contribution is 2.39. The second-order valence-corrected chi connectivity index (χ2v) is 7.63. The number of hydrogen-bond acceptors (Lipinski definition) is 6. The quantitative estimate of drug-likeness (QED) is 0.355. The molecule has 2 aromatic rings. The summed E-state index contributed by atoms with van der Waals surface area (Å²) >= 11 is 5.93. The molecule has 0 spiro atoms. The van der Waals surface area contributed by atoms with Crippen LogP contribution in [-0.4, -0.2) is 35.1 Å². The third kappa shape index (κ3) is 4.49. The lowest BCUT2D eigenvalue weighted by Gasteiger charge is -2.28. The highest BCUT2D eigenvalue weighted by atomic mass is 35.5. The van der Waals surface area contributed by atoms with Gasteiger partial charge in [0.05, 0.1) is 17.6 Å². The zero-order valence-electron chi connectivity index (χ0n) is 16.6. The normalized spacial score (nSPS) is 14.8. The van der Waals surface area contributed by atoms with Crippen LogP contribution in [0, 0.1) is 10.1 Å². The Balaban J connectivity index is 1.67. The fraction of sp³-hybridized carbons (Fsp3) is 0.381. The maximum Gasteiger partial charge on any atom is 0.297 e. The van der Waals surface area contributed by atoms with Crippen LogP contribution < -0.4 is 15.4 Å². The smallest absolute Gasteiger partial charge is 0.297 e. The summed E-state index contributed by atoms with van der Waals surface area (Å²) in [6.07, 6.45) is 0.715. The Morgan fingerprint density at radius 2 is 2.10 bits per heavy atom. The van der Waals surface area contributed by atoms with Gasteiger partial charge in [0.15, 0.2) is 0 Å². The second kappa shape index (κ2) is 9.32. The number of nitrogens with two attached hydrogens (primary N) is 1. The third-order valence-electron chi connectivity index (χ3n) is 5.24. The molecule has 30 heavy (non-hydrogen) atoms. The minimum atomic E-state index is -1.13. The number of rotatable bonds is 9. The number of aliphatic hydroxyl groups excluding tert-OH is 1. The van der Waals surface area contributed by atoms with Crippen molar-refractivity contribution >= 4 is 28.9 Å². The molecule has 0 fully saturated rings. The Morgan fingerprint density at radius 3 is 2.77 bits per heavy atom. The molecule has 0 bridgehead atoms. The summed E-state index contributed by atoms with van der Waals surface area (Å²) in [6, 6.07) is 10.3. The molecule has 0 aliphatic carbocycles. The monoisotopic (exact) mass is 433 g/mol. The predicted octanol–water partition coefficient (Wildman–Crippen LogP) is 3.38. The van der Waals surface area contributed by atoms with E-state index in [2.05, 4.69) is 0 Å². The molecule has 3 N–H and O–H groups in total. The maximum absolute atomic E-state index is 12.1. The van der Waals surface area contributed by atoms with Gasteiger partial charge in [-0.3, -0.25) is 14.9 Å². The van der Waals surface area contributed by atoms with Gasteiger partial charge in [0.2, 0.25) is 5.91 Å². The van der Waals surface area contributed by atoms with Gasteiger partial charge in [0.1, 0.15) is 22.4 Å². The fourth-order valence-corrected chi connectivity index (χ4v) is 4.11. The number of carbonyl (C=O) groups excluding carboxylic acids is 1. The molecule has 160 valence electrons. The molecular weight excluding hydrogens is 410 g/mol. The number of anilines is 1. The molecule has 2 aromatic carbocycles. The number of primary amides is 1. The summed E-state index contributed by atoms with van der Waals surface area (Å²) in [5.41, 5.74) is 7.53. The Bertz CT molecular complexity index is 950. The van der Waals surface area contributed by atoms with E-state index in [1.165, 1.54) is 24.6 Å². The van der Waals surface area contributed by atoms with E-state index in [1.54, 1.807) is 0 Å². The van der Waals surface area contributed by atoms with Gasteiger partial charge in [0, 0.05) is 12.2 Å². The molecule has 2 unspecified atom stereocenters. The lowest BCUT2D eigenvalue weighted by atomic mass is 10.1. The van der Waals surface area contributed by atoms with Crippen molar-refractivity contribution in [1.29, 1.82) is 0 Å². The third-order valence-corrected chi connectivity index (χ3v) is 5.54. The Morgan fingerprint density at radius 1 is 1.37 bits per heavy atom. The van der Waals surface area contributed by atoms with Crippen molar-refractivity contribution in [3.05, 3.63) is 62.7 Å². The van der Waals surface area contributed by atoms with E-state index in [0.29, 0.717) is 12.8 Å². The average molecular weight is 434 g/mol. The number of para-hydroxylation sites is 1. The number of halogens is 1. The van der Waals surface area contributed by atoms with E-state index < -0.39 is 23.0 Å². The van der Waals surface area contributed by atoms with Crippen molar-refractivity contribution in [3.8, 4) is 5.75 Å². The van der Waals surface area contributed by atoms with Crippen molar-refractivity contribution in [2.75, 3.05) is 18.1 Å². The van der Waals surface area contributed by atoms with Gasteiger partial charge in [-0.15, -0.1) is 0 Å². The number of nitro groups is 1. The summed E-state index contributed by atoms with van der Waals surface area (Å²) < 4.78 is 5.71. The standard InChI is InChI=1S/C21H24ClN3O5/c1-13(26)19-18(9-8-15(22)20(19)25(28)29)30-12-4-7-17(21(23)27)24-11-10-14-5-2-3-6-16(14)24/h2-3,5-6,8-9,13,17,26H,4,7,10-12H2,1H3,(H2,23,27). The number of nitrogens with zero attached hydrogens (tertiary/aromatic N) is 2. The van der Waals surface area contributed by atoms with Gasteiger partial charge >= 0.3 is 0 Å². The second-order valence-electron chi connectivity index (χ2n) is 7.22. The lowest BCUT2D eigenvalue weighted by molar-refractivity contribution is -0.386. The summed E-state index contributed by atoms with van der Waals surface area (Å²) in [7, 11) is 0. The molecule has 0 radical (unpaired) electrons. The first-order valence-electron chi connectivity index (χ1n) is 9.72. The van der Waals surface area contributed by atoms with Crippen molar-refractivity contribution in [2.45, 2.75) is 38.3 Å². The van der Waals surface area contributed by atoms with Crippen LogP contribution in [0.4, 0.5) is 11.4 Å². The van der Waals surface area contributed by atoms with Crippen molar-refractivity contribution < 1.29 is 19.6 Å². The molecule has 1 heterocycles. The number of carbonyl (C=O) groups is 1. The van der Waals surface area contributed by atoms with E-state index in [9.17, 15) is 20.0 Å². The Kier molecular flexibility index (Phi) is 6.79. The van der Waals surface area contributed by atoms with Crippen molar-refractivity contribution in [3.63, 3.8) is 0 Å². The summed E-state index contributed by atoms with van der Waals surface area (Å²) in [5, 5.41) is 21.3. The SMILES string of the molecule is CC(O)c1c(OCCCC(C(N)=O)N2CCc3ccccc32)ccc(Cl)c1[N+](=O)[O-]. The maximum atomic E-state index is 12.1. The first-order chi connectivity index (χ1) is 14.3. The fourth-order valence-electron chi connectivity index (χ4n) is 3.88. The van der Waals surface area contributed by atoms with Gasteiger partial charge in [-0.2, -0.15) is 0 Å². The summed E-state index contributed by atoms with van der Waals surface area (Å²) in [4.78, 5) is 24.8. The number of nitro benzene ring substituents is 1. The van der Waals surface area contributed by atoms with Crippen LogP contribution >= 0.6 is 11.6 Å². The van der Waals surface area contributed by atoms with E-state index in [4.69, 9.17) is 22.1 Å². The average Bonchev–Trinajstić information content (AvgIpc) is 3.11. The van der Waals surface area contributed by atoms with Gasteiger partial charge in [0.25, 0.3) is 5.69 Å². The van der Waals surface area contributed by atoms with Crippen LogP contribution in [0.15, 0.2) is 36.4 Å². The van der Waals surface area contributed by atoms with Gasteiger partial charge in [-0.05, 0) is 49.9 Å². The lowest BCUT2D eigenvalue weighted by Crippen LogP contribution is -2.44. The van der Waals surface area contributed by atoms with Crippen LogP contribution in [0.5, 0.6) is 5.75 Å². The number of amides is 1. The van der Waals surface area contributed by atoms with Crippen LogP contribution in [0.1, 0.15) is 37.0 Å². The molecule has 0 aromatic heterocycles. The minimum absolute atomic E-state index is 0.0346. The van der Waals surface area contributed by atoms with Gasteiger partial charge in [-0.1, -0.05) is 29.8 Å². The van der Waals surface area contributed by atoms with Crippen LogP contribution in [0.25, 0.3) is 0 Å². The Hall–Kier alpha value is -2.84. The first kappa shape index (κ1) is 21.9. The van der Waals surface area contributed by atoms with Crippen molar-refractivity contribution in [2.24, 2.45) is 5.73 Å². The van der Waals surface area contributed by atoms with Gasteiger partial charge in [-0.25, -0.2) is 0 Å². The zero-order valence-corrected chi connectivity index (χ0v) is 17.3. The molecule has 1 amide bonds. The predicted molar refractivity (Wildman–Crippen MR) is 114 cm³/mol. The number of ether oxygens (including phenoxy) is 1. The van der Waals surface area contributed by atoms with Gasteiger partial charge < -0.3 is 20.5 Å². The topological polar surface area (TPSA) is 119 Å². The molecule has 1 aliphatic rings. The molecule has 9 heteroatoms. The molecule has 8 nitrogen and oxygen atoms in total. The highest BCUT2D eigenvalue weighted by molar-refractivity contribution is 6.32. The molecule has 3 rings (SSSR count). The highest BCUT2D eigenvalue weighted by Gasteiger charge is 2.30. The van der Waals surface area contributed by atoms with E-state index >= 15 is 0 Å². The minimum Gasteiger partial charge on any atom is -0.493 e. The number of fused-ring (bicyclic) bond motifs is 1. The van der Waals surface area contributed by atoms with Crippen LogP contribution in [0.2, 0.25) is 5.02 Å². The zero-order chi connectivity index (χ0) is 21.8. The first-order valence-corrected chi connectivity index (χ1v) is 10.1. The molecule has 0 saturated carbocycles.